The summed E-state index contributed by atoms with van der Waals surface area (Å²) in [5.74, 6) is 0.900. The molecule has 0 fully saturated rings. The lowest BCUT2D eigenvalue weighted by molar-refractivity contribution is 0.936. The Hall–Kier alpha value is -1.81. The first-order valence-electron chi connectivity index (χ1n) is 5.86. The Morgan fingerprint density at radius 1 is 1.35 bits per heavy atom. The van der Waals surface area contributed by atoms with Crippen molar-refractivity contribution < 1.29 is 0 Å². The second-order valence-electron chi connectivity index (χ2n) is 4.57. The molecule has 0 radical (unpaired) electrons. The number of nitrogens with two attached hydrogens (primary N) is 1. The number of hydrogen-bond acceptors (Lipinski definition) is 2. The second kappa shape index (κ2) is 3.60. The zero-order valence-electron chi connectivity index (χ0n) is 10.1. The average molecular weight is 228 g/mol. The van der Waals surface area contributed by atoms with E-state index in [-0.39, 0.29) is 0 Å². The fourth-order valence-electron chi connectivity index (χ4n) is 2.37. The summed E-state index contributed by atoms with van der Waals surface area (Å²) >= 11 is 0. The highest BCUT2D eigenvalue weighted by atomic mass is 15.1. The Bertz CT molecular complexity index is 690. The smallest absolute Gasteiger partial charge is 0.212 e. The SMILES string of the molecule is Cc1cc(C)c2nc3[nH]c(CCN)cn3c2c1. The molecule has 0 unspecified atom stereocenters. The van der Waals surface area contributed by atoms with Gasteiger partial charge in [0.25, 0.3) is 0 Å². The quantitative estimate of drug-likeness (QED) is 0.704. The van der Waals surface area contributed by atoms with Gasteiger partial charge in [0.2, 0.25) is 5.78 Å². The fraction of sp³-hybridized carbons (Fsp3) is 0.308. The van der Waals surface area contributed by atoms with Crippen LogP contribution >= 0.6 is 0 Å². The first-order chi connectivity index (χ1) is 8.19. The van der Waals surface area contributed by atoms with Crippen LogP contribution in [-0.4, -0.2) is 20.9 Å². The van der Waals surface area contributed by atoms with Crippen LogP contribution in [0, 0.1) is 13.8 Å². The molecule has 2 aromatic heterocycles. The highest BCUT2D eigenvalue weighted by Gasteiger charge is 2.09. The summed E-state index contributed by atoms with van der Waals surface area (Å²) in [7, 11) is 0. The minimum atomic E-state index is 0.652. The molecule has 4 nitrogen and oxygen atoms in total. The summed E-state index contributed by atoms with van der Waals surface area (Å²) in [6.07, 6.45) is 2.95. The molecular weight excluding hydrogens is 212 g/mol. The van der Waals surface area contributed by atoms with Gasteiger partial charge >= 0.3 is 0 Å². The summed E-state index contributed by atoms with van der Waals surface area (Å²) in [4.78, 5) is 7.93. The zero-order valence-corrected chi connectivity index (χ0v) is 10.1. The minimum Gasteiger partial charge on any atom is -0.330 e. The lowest BCUT2D eigenvalue weighted by atomic mass is 10.1. The second-order valence-corrected chi connectivity index (χ2v) is 4.57. The van der Waals surface area contributed by atoms with Crippen LogP contribution in [0.4, 0.5) is 0 Å². The zero-order chi connectivity index (χ0) is 12.0. The van der Waals surface area contributed by atoms with Gasteiger partial charge in [-0.15, -0.1) is 0 Å². The van der Waals surface area contributed by atoms with Crippen LogP contribution in [0.1, 0.15) is 16.8 Å². The molecule has 0 atom stereocenters. The fourth-order valence-corrected chi connectivity index (χ4v) is 2.37. The van der Waals surface area contributed by atoms with Crippen molar-refractivity contribution in [2.24, 2.45) is 5.73 Å². The van der Waals surface area contributed by atoms with Gasteiger partial charge in [0, 0.05) is 18.3 Å². The van der Waals surface area contributed by atoms with E-state index < -0.39 is 0 Å². The van der Waals surface area contributed by atoms with Crippen LogP contribution in [0.2, 0.25) is 0 Å². The van der Waals surface area contributed by atoms with Crippen molar-refractivity contribution in [1.82, 2.24) is 14.4 Å². The molecule has 3 rings (SSSR count). The molecule has 17 heavy (non-hydrogen) atoms. The van der Waals surface area contributed by atoms with Gasteiger partial charge in [0.15, 0.2) is 0 Å². The maximum atomic E-state index is 5.56. The van der Waals surface area contributed by atoms with E-state index in [0.717, 1.165) is 28.9 Å². The number of H-pyrrole nitrogens is 1. The Labute approximate surface area is 99.5 Å². The number of nitrogens with zero attached hydrogens (tertiary/aromatic N) is 2. The van der Waals surface area contributed by atoms with Gasteiger partial charge < -0.3 is 10.7 Å². The first-order valence-corrected chi connectivity index (χ1v) is 5.86. The van der Waals surface area contributed by atoms with Gasteiger partial charge in [-0.2, -0.15) is 0 Å². The van der Waals surface area contributed by atoms with Crippen molar-refractivity contribution in [2.75, 3.05) is 6.54 Å². The predicted octanol–water partition coefficient (Wildman–Crippen LogP) is 1.93. The van der Waals surface area contributed by atoms with Crippen molar-refractivity contribution >= 4 is 16.8 Å². The first kappa shape index (κ1) is 10.4. The number of benzene rings is 1. The van der Waals surface area contributed by atoms with Gasteiger partial charge in [-0.25, -0.2) is 4.98 Å². The van der Waals surface area contributed by atoms with Crippen molar-refractivity contribution in [1.29, 1.82) is 0 Å². The summed E-state index contributed by atoms with van der Waals surface area (Å²) in [6, 6.07) is 4.33. The van der Waals surface area contributed by atoms with Gasteiger partial charge in [0.1, 0.15) is 0 Å². The molecule has 0 spiro atoms. The van der Waals surface area contributed by atoms with Gasteiger partial charge in [-0.05, 0) is 37.6 Å². The van der Waals surface area contributed by atoms with E-state index in [4.69, 9.17) is 5.73 Å². The number of hydrogen-bond donors (Lipinski definition) is 2. The Kier molecular flexibility index (Phi) is 2.19. The molecule has 1 aromatic carbocycles. The number of imidazole rings is 2. The topological polar surface area (TPSA) is 59.1 Å². The minimum absolute atomic E-state index is 0.652. The lowest BCUT2D eigenvalue weighted by Crippen LogP contribution is -2.02. The number of aryl methyl sites for hydroxylation is 2. The maximum absolute atomic E-state index is 5.56. The summed E-state index contributed by atoms with van der Waals surface area (Å²) in [5, 5.41) is 0. The average Bonchev–Trinajstić information content (AvgIpc) is 2.77. The van der Waals surface area contributed by atoms with Crippen LogP contribution < -0.4 is 5.73 Å². The highest BCUT2D eigenvalue weighted by molar-refractivity contribution is 5.83. The van der Waals surface area contributed by atoms with Crippen LogP contribution in [0.3, 0.4) is 0 Å². The molecule has 4 heteroatoms. The number of nitrogens with one attached hydrogen (secondary N) is 1. The van der Waals surface area contributed by atoms with E-state index in [0.29, 0.717) is 6.54 Å². The van der Waals surface area contributed by atoms with E-state index in [1.807, 2.05) is 0 Å². The van der Waals surface area contributed by atoms with Crippen LogP contribution in [0.15, 0.2) is 18.3 Å². The number of rotatable bonds is 2. The standard InChI is InChI=1S/C13H16N4/c1-8-5-9(2)12-11(6-8)17-7-10(3-4-14)15-13(17)16-12/h5-7H,3-4,14H2,1-2H3,(H,15,16). The third-order valence-corrected chi connectivity index (χ3v) is 3.10. The monoisotopic (exact) mass is 228 g/mol. The van der Waals surface area contributed by atoms with Crippen LogP contribution in [-0.2, 0) is 6.42 Å². The molecule has 0 bridgehead atoms. The van der Waals surface area contributed by atoms with E-state index in [1.165, 1.54) is 11.1 Å². The number of aromatic nitrogens is 3. The Balaban J connectivity index is 2.32. The molecule has 0 aliphatic carbocycles. The number of fused-ring (bicyclic) bond motifs is 3. The molecule has 0 aliphatic heterocycles. The molecule has 3 N–H and O–H groups in total. The van der Waals surface area contributed by atoms with Crippen molar-refractivity contribution in [2.45, 2.75) is 20.3 Å². The van der Waals surface area contributed by atoms with Crippen molar-refractivity contribution in [3.8, 4) is 0 Å². The molecule has 3 aromatic rings. The third-order valence-electron chi connectivity index (χ3n) is 3.10. The molecule has 0 amide bonds. The van der Waals surface area contributed by atoms with Crippen molar-refractivity contribution in [3.05, 3.63) is 35.2 Å². The predicted molar refractivity (Wildman–Crippen MR) is 69.3 cm³/mol. The molecular formula is C13H16N4. The highest BCUT2D eigenvalue weighted by Crippen LogP contribution is 2.22. The Morgan fingerprint density at radius 3 is 2.94 bits per heavy atom. The summed E-state index contributed by atoms with van der Waals surface area (Å²) in [5.41, 5.74) is 11.4. The number of aromatic amines is 1. The lowest BCUT2D eigenvalue weighted by Gasteiger charge is -1.98. The van der Waals surface area contributed by atoms with Crippen molar-refractivity contribution in [3.63, 3.8) is 0 Å². The van der Waals surface area contributed by atoms with E-state index >= 15 is 0 Å². The van der Waals surface area contributed by atoms with E-state index in [9.17, 15) is 0 Å². The van der Waals surface area contributed by atoms with E-state index in [1.54, 1.807) is 0 Å². The molecule has 2 heterocycles. The largest absolute Gasteiger partial charge is 0.330 e. The summed E-state index contributed by atoms with van der Waals surface area (Å²) in [6.45, 7) is 4.86. The molecule has 88 valence electrons. The normalized spacial score (nSPS) is 11.7. The van der Waals surface area contributed by atoms with Gasteiger partial charge in [-0.1, -0.05) is 6.07 Å². The molecule has 0 aliphatic rings. The molecule has 0 saturated heterocycles. The molecule has 0 saturated carbocycles. The Morgan fingerprint density at radius 2 is 2.18 bits per heavy atom. The van der Waals surface area contributed by atoms with Crippen LogP contribution in [0.5, 0.6) is 0 Å². The van der Waals surface area contributed by atoms with E-state index in [2.05, 4.69) is 46.5 Å². The van der Waals surface area contributed by atoms with Gasteiger partial charge in [-0.3, -0.25) is 4.40 Å². The third kappa shape index (κ3) is 1.52. The van der Waals surface area contributed by atoms with Gasteiger partial charge in [0.05, 0.1) is 11.0 Å². The maximum Gasteiger partial charge on any atom is 0.212 e. The van der Waals surface area contributed by atoms with Crippen LogP contribution in [0.25, 0.3) is 16.8 Å². The summed E-state index contributed by atoms with van der Waals surface area (Å²) < 4.78 is 2.11.